The summed E-state index contributed by atoms with van der Waals surface area (Å²) >= 11 is 0. The van der Waals surface area contributed by atoms with Gasteiger partial charge in [-0.25, -0.2) is 0 Å². The van der Waals surface area contributed by atoms with Gasteiger partial charge in [-0.05, 0) is 25.7 Å². The van der Waals surface area contributed by atoms with E-state index in [0.29, 0.717) is 46.5 Å². The highest BCUT2D eigenvalue weighted by Crippen LogP contribution is 2.25. The normalized spacial score (nSPS) is 33.5. The second-order valence-corrected chi connectivity index (χ2v) is 9.05. The minimum atomic E-state index is -0.768. The number of carbonyl (C=O) groups excluding carboxylic acids is 2. The molecule has 0 bridgehead atoms. The first kappa shape index (κ1) is 16.7. The molecule has 2 saturated heterocycles. The van der Waals surface area contributed by atoms with Crippen LogP contribution in [0.2, 0.25) is 0 Å². The maximum absolute atomic E-state index is 11.9. The first-order valence-electron chi connectivity index (χ1n) is 7.62. The van der Waals surface area contributed by atoms with E-state index in [1.807, 2.05) is 0 Å². The quantitative estimate of drug-likeness (QED) is 0.370. The Bertz CT molecular complexity index is 352. The Balaban J connectivity index is 1.77. The Hall–Kier alpha value is -0.706. The number of hydrogen-bond acceptors (Lipinski definition) is 6. The van der Waals surface area contributed by atoms with Crippen LogP contribution in [0.3, 0.4) is 0 Å². The van der Waals surface area contributed by atoms with Gasteiger partial charge in [0.25, 0.3) is 0 Å². The van der Waals surface area contributed by atoms with Crippen LogP contribution in [0.4, 0.5) is 0 Å². The van der Waals surface area contributed by atoms with Gasteiger partial charge in [0.05, 0.1) is 33.7 Å². The predicted octanol–water partition coefficient (Wildman–Crippen LogP) is -1.10. The lowest BCUT2D eigenvalue weighted by atomic mass is 10.2. The molecule has 6 nitrogen and oxygen atoms in total. The molecule has 2 aliphatic heterocycles. The molecule has 0 amide bonds. The lowest BCUT2D eigenvalue weighted by Gasteiger charge is -2.34. The smallest absolute Gasteiger partial charge is 0.319 e. The fraction of sp³-hybridized carbons (Fsp3) is 0.846. The van der Waals surface area contributed by atoms with Gasteiger partial charge in [0.1, 0.15) is 6.42 Å². The summed E-state index contributed by atoms with van der Waals surface area (Å²) in [7, 11) is 1.19. The Kier molecular flexibility index (Phi) is 5.58. The van der Waals surface area contributed by atoms with Gasteiger partial charge >= 0.3 is 11.9 Å². The highest BCUT2D eigenvalue weighted by atomic mass is 28.2. The van der Waals surface area contributed by atoms with Crippen molar-refractivity contribution < 1.29 is 28.5 Å². The molecule has 0 aromatic carbocycles. The van der Waals surface area contributed by atoms with E-state index in [4.69, 9.17) is 18.9 Å². The van der Waals surface area contributed by atoms with Crippen LogP contribution >= 0.6 is 0 Å². The first-order chi connectivity index (χ1) is 9.91. The van der Waals surface area contributed by atoms with Crippen LogP contribution in [0.15, 0.2) is 0 Å². The van der Waals surface area contributed by atoms with Crippen molar-refractivity contribution in [3.8, 4) is 0 Å². The molecule has 0 N–H and O–H groups in total. The second-order valence-electron chi connectivity index (χ2n) is 6.00. The molecule has 2 rings (SSSR count). The van der Waals surface area contributed by atoms with Crippen LogP contribution in [-0.2, 0) is 28.5 Å². The summed E-state index contributed by atoms with van der Waals surface area (Å²) in [5.74, 6) is -1.14. The molecular weight excluding hydrogens is 308 g/mol. The van der Waals surface area contributed by atoms with Gasteiger partial charge in [-0.15, -0.1) is 0 Å². The van der Waals surface area contributed by atoms with Crippen molar-refractivity contribution in [2.75, 3.05) is 13.2 Å². The van der Waals surface area contributed by atoms with Gasteiger partial charge in [-0.3, -0.25) is 9.59 Å². The molecule has 0 aromatic heterocycles. The molecular formula is C13H24O6Si2. The molecule has 120 valence electrons. The monoisotopic (exact) mass is 332 g/mol. The summed E-state index contributed by atoms with van der Waals surface area (Å²) < 4.78 is 21.8. The Morgan fingerprint density at radius 1 is 0.857 bits per heavy atom. The molecule has 2 heterocycles. The van der Waals surface area contributed by atoms with Gasteiger partial charge in [0.2, 0.25) is 0 Å². The molecule has 0 saturated carbocycles. The average Bonchev–Trinajstić information content (AvgIpc) is 2.38. The van der Waals surface area contributed by atoms with E-state index >= 15 is 0 Å². The van der Waals surface area contributed by atoms with Crippen molar-refractivity contribution in [2.24, 2.45) is 0 Å². The fourth-order valence-electron chi connectivity index (χ4n) is 2.65. The second kappa shape index (κ2) is 7.04. The molecule has 8 heteroatoms. The Morgan fingerprint density at radius 2 is 1.29 bits per heavy atom. The Labute approximate surface area is 130 Å². The molecule has 0 aliphatic carbocycles. The number of hydrogen-bond donors (Lipinski definition) is 0. The largest absolute Gasteiger partial charge is 0.438 e. The number of carbonyl (C=O) groups is 2. The minimum absolute atomic E-state index is 0.374. The average molecular weight is 333 g/mol. The lowest BCUT2D eigenvalue weighted by Crippen LogP contribution is -2.44. The summed E-state index contributed by atoms with van der Waals surface area (Å²) in [5.41, 5.74) is -1.54. The van der Waals surface area contributed by atoms with Crippen LogP contribution in [0.5, 0.6) is 0 Å². The van der Waals surface area contributed by atoms with Crippen LogP contribution < -0.4 is 0 Å². The van der Waals surface area contributed by atoms with Crippen molar-refractivity contribution in [3.63, 3.8) is 0 Å². The molecule has 0 spiro atoms. The van der Waals surface area contributed by atoms with Crippen molar-refractivity contribution in [2.45, 2.75) is 55.8 Å². The van der Waals surface area contributed by atoms with Crippen molar-refractivity contribution in [1.82, 2.24) is 0 Å². The van der Waals surface area contributed by atoms with E-state index in [1.54, 1.807) is 0 Å². The third-order valence-electron chi connectivity index (χ3n) is 3.81. The zero-order valence-corrected chi connectivity index (χ0v) is 16.8. The molecule has 2 aliphatic rings. The van der Waals surface area contributed by atoms with Gasteiger partial charge < -0.3 is 18.9 Å². The van der Waals surface area contributed by atoms with Gasteiger partial charge in [-0.2, -0.15) is 0 Å². The number of rotatable bonds is 4. The molecule has 2 unspecified atom stereocenters. The summed E-state index contributed by atoms with van der Waals surface area (Å²) in [5, 5.41) is 0. The zero-order valence-electron chi connectivity index (χ0n) is 12.8. The fourth-order valence-corrected chi connectivity index (χ4v) is 4.22. The minimum Gasteiger partial charge on any atom is -0.438 e. The number of ether oxygens (including phenoxy) is 4. The summed E-state index contributed by atoms with van der Waals surface area (Å²) in [4.78, 5) is 23.7. The van der Waals surface area contributed by atoms with Crippen LogP contribution in [0, 0.1) is 0 Å². The van der Waals surface area contributed by atoms with Gasteiger partial charge in [0, 0.05) is 12.8 Å². The summed E-state index contributed by atoms with van der Waals surface area (Å²) in [6.45, 7) is 1.22. The van der Waals surface area contributed by atoms with Crippen LogP contribution in [-0.4, -0.2) is 56.5 Å². The highest BCUT2D eigenvalue weighted by Gasteiger charge is 2.35. The summed E-state index contributed by atoms with van der Waals surface area (Å²) in [6.07, 6.45) is 5.01. The van der Waals surface area contributed by atoms with Crippen molar-refractivity contribution in [1.29, 1.82) is 0 Å². The van der Waals surface area contributed by atoms with E-state index in [9.17, 15) is 9.59 Å². The van der Waals surface area contributed by atoms with E-state index in [1.165, 1.54) is 0 Å². The predicted molar refractivity (Wildman–Crippen MR) is 81.7 cm³/mol. The lowest BCUT2D eigenvalue weighted by molar-refractivity contribution is -0.215. The van der Waals surface area contributed by atoms with Crippen LogP contribution in [0.25, 0.3) is 0 Å². The summed E-state index contributed by atoms with van der Waals surface area (Å²) in [6, 6.07) is 0. The van der Waals surface area contributed by atoms with E-state index in [-0.39, 0.29) is 6.42 Å². The van der Waals surface area contributed by atoms with Crippen molar-refractivity contribution in [3.05, 3.63) is 0 Å². The maximum Gasteiger partial charge on any atom is 0.319 e. The standard InChI is InChI=1S/C13H24O6Si2/c14-10(18-12(20)5-1-3-7-16-12)9-11(15)19-13(21)6-2-4-8-17-13/h1-9H2,20-21H3. The van der Waals surface area contributed by atoms with Crippen LogP contribution in [0.1, 0.15) is 44.9 Å². The molecule has 0 radical (unpaired) electrons. The van der Waals surface area contributed by atoms with E-state index in [0.717, 1.165) is 25.7 Å². The maximum atomic E-state index is 11.9. The Morgan fingerprint density at radius 3 is 1.62 bits per heavy atom. The molecule has 2 atom stereocenters. The third-order valence-corrected chi connectivity index (χ3v) is 5.80. The number of esters is 2. The van der Waals surface area contributed by atoms with Gasteiger partial charge in [0.15, 0.2) is 10.8 Å². The van der Waals surface area contributed by atoms with E-state index < -0.39 is 22.8 Å². The molecule has 0 aromatic rings. The third kappa shape index (κ3) is 5.21. The topological polar surface area (TPSA) is 71.1 Å². The zero-order chi connectivity index (χ0) is 15.3. The SMILES string of the molecule is O=C(CC(=O)OC1([SiH3])CCCCO1)OC1([SiH3])CCCCO1. The highest BCUT2D eigenvalue weighted by molar-refractivity contribution is 6.15. The molecule has 2 fully saturated rings. The van der Waals surface area contributed by atoms with E-state index in [2.05, 4.69) is 0 Å². The molecule has 21 heavy (non-hydrogen) atoms. The first-order valence-corrected chi connectivity index (χ1v) is 9.62. The van der Waals surface area contributed by atoms with Gasteiger partial charge in [-0.1, -0.05) is 0 Å². The van der Waals surface area contributed by atoms with Crippen molar-refractivity contribution >= 4 is 32.4 Å².